The molecule has 0 aliphatic heterocycles. The lowest BCUT2D eigenvalue weighted by atomic mass is 10.1. The van der Waals surface area contributed by atoms with Crippen molar-refractivity contribution in [3.8, 4) is 5.75 Å². The van der Waals surface area contributed by atoms with Crippen molar-refractivity contribution in [2.45, 2.75) is 18.9 Å². The molecule has 94 valence electrons. The first-order chi connectivity index (χ1) is 7.93. The van der Waals surface area contributed by atoms with Crippen LogP contribution in [-0.4, -0.2) is 40.0 Å². The molecule has 0 radical (unpaired) electrons. The van der Waals surface area contributed by atoms with Gasteiger partial charge in [-0.25, -0.2) is 0 Å². The molecular formula is C12H17NO4. The molecule has 0 aromatic heterocycles. The Morgan fingerprint density at radius 3 is 2.47 bits per heavy atom. The summed E-state index contributed by atoms with van der Waals surface area (Å²) in [5.41, 5.74) is -0.533. The van der Waals surface area contributed by atoms with E-state index in [9.17, 15) is 9.90 Å². The fourth-order valence-electron chi connectivity index (χ4n) is 1.21. The van der Waals surface area contributed by atoms with Gasteiger partial charge < -0.3 is 20.6 Å². The maximum Gasteiger partial charge on any atom is 0.224 e. The van der Waals surface area contributed by atoms with Crippen molar-refractivity contribution in [3.63, 3.8) is 0 Å². The number of amides is 1. The van der Waals surface area contributed by atoms with E-state index in [1.165, 1.54) is 19.1 Å². The summed E-state index contributed by atoms with van der Waals surface area (Å²) >= 11 is 0. The molecule has 4 N–H and O–H groups in total. The lowest BCUT2D eigenvalue weighted by molar-refractivity contribution is -0.121. The molecular weight excluding hydrogens is 222 g/mol. The fraction of sp³-hybridized carbons (Fsp3) is 0.417. The smallest absolute Gasteiger partial charge is 0.224 e. The summed E-state index contributed by atoms with van der Waals surface area (Å²) in [6.45, 7) is 1.03. The molecule has 5 nitrogen and oxygen atoms in total. The molecule has 0 spiro atoms. The number of benzene rings is 1. The number of phenolic OH excluding ortho intramolecular Hbond substituents is 1. The number of nitrogens with one attached hydrogen (secondary N) is 1. The molecule has 0 saturated heterocycles. The highest BCUT2D eigenvalue weighted by Gasteiger charge is 2.19. The van der Waals surface area contributed by atoms with Crippen LogP contribution in [0.15, 0.2) is 24.3 Å². The van der Waals surface area contributed by atoms with Crippen LogP contribution in [0.4, 0.5) is 0 Å². The molecule has 17 heavy (non-hydrogen) atoms. The second-order valence-electron chi connectivity index (χ2n) is 4.28. The van der Waals surface area contributed by atoms with E-state index in [1.54, 1.807) is 12.1 Å². The van der Waals surface area contributed by atoms with Gasteiger partial charge in [-0.3, -0.25) is 4.79 Å². The first-order valence-corrected chi connectivity index (χ1v) is 5.31. The summed E-state index contributed by atoms with van der Waals surface area (Å²) < 4.78 is 0. The Labute approximate surface area is 99.7 Å². The van der Waals surface area contributed by atoms with E-state index in [0.29, 0.717) is 0 Å². The van der Waals surface area contributed by atoms with E-state index in [0.717, 1.165) is 5.56 Å². The average molecular weight is 239 g/mol. The van der Waals surface area contributed by atoms with E-state index in [1.807, 2.05) is 0 Å². The second kappa shape index (κ2) is 5.65. The number of rotatable bonds is 5. The van der Waals surface area contributed by atoms with Gasteiger partial charge in [0.25, 0.3) is 0 Å². The van der Waals surface area contributed by atoms with Crippen LogP contribution in [0, 0.1) is 0 Å². The molecule has 5 heteroatoms. The van der Waals surface area contributed by atoms with Gasteiger partial charge in [-0.1, -0.05) is 12.1 Å². The third kappa shape index (κ3) is 4.84. The summed E-state index contributed by atoms with van der Waals surface area (Å²) in [7, 11) is 0. The molecule has 0 aliphatic carbocycles. The Morgan fingerprint density at radius 1 is 1.35 bits per heavy atom. The van der Waals surface area contributed by atoms with Crippen molar-refractivity contribution < 1.29 is 20.1 Å². The minimum Gasteiger partial charge on any atom is -0.508 e. The number of phenols is 1. The Balaban J connectivity index is 2.42. The van der Waals surface area contributed by atoms with Gasteiger partial charge in [0.05, 0.1) is 13.0 Å². The molecule has 0 fully saturated rings. The number of aromatic hydroxyl groups is 1. The number of hydrogen-bond acceptors (Lipinski definition) is 4. The van der Waals surface area contributed by atoms with Gasteiger partial charge >= 0.3 is 0 Å². The molecule has 1 aromatic carbocycles. The van der Waals surface area contributed by atoms with Crippen LogP contribution in [-0.2, 0) is 11.2 Å². The predicted octanol–water partition coefficient (Wildman–Crippen LogP) is -0.206. The molecule has 0 heterocycles. The highest BCUT2D eigenvalue weighted by atomic mass is 16.3. The van der Waals surface area contributed by atoms with Gasteiger partial charge in [-0.15, -0.1) is 0 Å². The minimum absolute atomic E-state index is 0.000414. The van der Waals surface area contributed by atoms with Crippen molar-refractivity contribution in [3.05, 3.63) is 29.8 Å². The van der Waals surface area contributed by atoms with Crippen molar-refractivity contribution in [1.82, 2.24) is 5.32 Å². The first kappa shape index (κ1) is 13.5. The van der Waals surface area contributed by atoms with Gasteiger partial charge in [-0.2, -0.15) is 0 Å². The summed E-state index contributed by atoms with van der Waals surface area (Å²) in [6.07, 6.45) is 0.168. The third-order valence-electron chi connectivity index (χ3n) is 2.31. The Hall–Kier alpha value is -1.59. The molecule has 1 amide bonds. The topological polar surface area (TPSA) is 89.8 Å². The number of hydrogen-bond donors (Lipinski definition) is 4. The van der Waals surface area contributed by atoms with E-state index >= 15 is 0 Å². The number of carbonyl (C=O) groups excluding carboxylic acids is 1. The molecule has 0 aliphatic rings. The SMILES string of the molecule is CC(O)(CO)CNC(=O)Cc1ccc(O)cc1. The molecule has 1 aromatic rings. The summed E-state index contributed by atoms with van der Waals surface area (Å²) in [5, 5.41) is 29.9. The number of carbonyl (C=O) groups is 1. The van der Waals surface area contributed by atoms with Crippen LogP contribution < -0.4 is 5.32 Å². The second-order valence-corrected chi connectivity index (χ2v) is 4.28. The molecule has 1 rings (SSSR count). The summed E-state index contributed by atoms with van der Waals surface area (Å²) in [5.74, 6) is -0.0956. The normalized spacial score (nSPS) is 14.1. The monoisotopic (exact) mass is 239 g/mol. The number of aliphatic hydroxyl groups excluding tert-OH is 1. The number of aliphatic hydroxyl groups is 2. The van der Waals surface area contributed by atoms with E-state index < -0.39 is 12.2 Å². The van der Waals surface area contributed by atoms with Gasteiger partial charge in [0, 0.05) is 6.54 Å². The largest absolute Gasteiger partial charge is 0.508 e. The minimum atomic E-state index is -1.30. The van der Waals surface area contributed by atoms with Crippen LogP contribution in [0.3, 0.4) is 0 Å². The van der Waals surface area contributed by atoms with Crippen LogP contribution in [0.1, 0.15) is 12.5 Å². The highest BCUT2D eigenvalue weighted by Crippen LogP contribution is 2.10. The van der Waals surface area contributed by atoms with E-state index in [4.69, 9.17) is 10.2 Å². The zero-order chi connectivity index (χ0) is 12.9. The third-order valence-corrected chi connectivity index (χ3v) is 2.31. The molecule has 1 atom stereocenters. The predicted molar refractivity (Wildman–Crippen MR) is 62.5 cm³/mol. The maximum atomic E-state index is 11.5. The zero-order valence-corrected chi connectivity index (χ0v) is 9.68. The lowest BCUT2D eigenvalue weighted by Gasteiger charge is -2.20. The average Bonchev–Trinajstić information content (AvgIpc) is 2.30. The van der Waals surface area contributed by atoms with Crippen molar-refractivity contribution >= 4 is 5.91 Å². The molecule has 0 bridgehead atoms. The molecule has 0 saturated carbocycles. The van der Waals surface area contributed by atoms with Gasteiger partial charge in [0.15, 0.2) is 0 Å². The Bertz CT molecular complexity index is 373. The van der Waals surface area contributed by atoms with Crippen LogP contribution in [0.25, 0.3) is 0 Å². The van der Waals surface area contributed by atoms with Crippen molar-refractivity contribution in [2.75, 3.05) is 13.2 Å². The zero-order valence-electron chi connectivity index (χ0n) is 9.68. The Morgan fingerprint density at radius 2 is 1.94 bits per heavy atom. The van der Waals surface area contributed by atoms with Gasteiger partial charge in [0.1, 0.15) is 11.4 Å². The lowest BCUT2D eigenvalue weighted by Crippen LogP contribution is -2.43. The van der Waals surface area contributed by atoms with Gasteiger partial charge in [-0.05, 0) is 24.6 Å². The van der Waals surface area contributed by atoms with E-state index in [2.05, 4.69) is 5.32 Å². The van der Waals surface area contributed by atoms with Crippen LogP contribution in [0.5, 0.6) is 5.75 Å². The van der Waals surface area contributed by atoms with Gasteiger partial charge in [0.2, 0.25) is 5.91 Å². The summed E-state index contributed by atoms with van der Waals surface area (Å²) in [4.78, 5) is 11.5. The standard InChI is InChI=1S/C12H17NO4/c1-12(17,8-14)7-13-11(16)6-9-2-4-10(15)5-3-9/h2-5,14-15,17H,6-8H2,1H3,(H,13,16). The quantitative estimate of drug-likeness (QED) is 0.572. The maximum absolute atomic E-state index is 11.5. The highest BCUT2D eigenvalue weighted by molar-refractivity contribution is 5.78. The molecule has 1 unspecified atom stereocenters. The Kier molecular flexibility index (Phi) is 4.48. The summed E-state index contributed by atoms with van der Waals surface area (Å²) in [6, 6.07) is 6.32. The first-order valence-electron chi connectivity index (χ1n) is 5.31. The van der Waals surface area contributed by atoms with Crippen molar-refractivity contribution in [1.29, 1.82) is 0 Å². The van der Waals surface area contributed by atoms with Crippen molar-refractivity contribution in [2.24, 2.45) is 0 Å². The van der Waals surface area contributed by atoms with Crippen LogP contribution >= 0.6 is 0 Å². The fourth-order valence-corrected chi connectivity index (χ4v) is 1.21. The van der Waals surface area contributed by atoms with E-state index in [-0.39, 0.29) is 24.6 Å². The van der Waals surface area contributed by atoms with Crippen LogP contribution in [0.2, 0.25) is 0 Å².